The summed E-state index contributed by atoms with van der Waals surface area (Å²) in [4.78, 5) is 21.3. The van der Waals surface area contributed by atoms with Gasteiger partial charge >= 0.3 is 6.36 Å². The van der Waals surface area contributed by atoms with Crippen LogP contribution < -0.4 is 10.1 Å². The number of aliphatic imine (C=N–C) groups is 1. The molecule has 11 heteroatoms. The molecule has 0 aliphatic carbocycles. The summed E-state index contributed by atoms with van der Waals surface area (Å²) in [5.41, 5.74) is 0.811. The zero-order chi connectivity index (χ0) is 21.9. The van der Waals surface area contributed by atoms with Gasteiger partial charge in [0.1, 0.15) is 10.8 Å². The quantitative estimate of drug-likeness (QED) is 0.633. The third-order valence-corrected chi connectivity index (χ3v) is 5.72. The van der Waals surface area contributed by atoms with Crippen LogP contribution in [0.25, 0.3) is 16.6 Å². The number of hydrogen-bond acceptors (Lipinski definition) is 7. The van der Waals surface area contributed by atoms with E-state index in [2.05, 4.69) is 20.0 Å². The highest BCUT2D eigenvalue weighted by molar-refractivity contribution is 8.18. The van der Waals surface area contributed by atoms with Crippen LogP contribution in [0.5, 0.6) is 5.75 Å². The molecule has 0 saturated carbocycles. The number of alkyl halides is 3. The molecule has 30 heavy (non-hydrogen) atoms. The first-order valence-electron chi connectivity index (χ1n) is 8.73. The molecule has 0 atom stereocenters. The third-order valence-electron chi connectivity index (χ3n) is 3.87. The van der Waals surface area contributed by atoms with Gasteiger partial charge in [0.15, 0.2) is 5.17 Å². The molecule has 1 fully saturated rings. The number of aliphatic hydroxyl groups is 1. The number of rotatable bonds is 6. The van der Waals surface area contributed by atoms with Crippen molar-refractivity contribution in [3.8, 4) is 16.3 Å². The van der Waals surface area contributed by atoms with Crippen molar-refractivity contribution in [2.24, 2.45) is 10.4 Å². The molecule has 1 aromatic heterocycles. The normalized spacial score (nSPS) is 17.6. The Morgan fingerprint density at radius 1 is 1.27 bits per heavy atom. The number of nitrogens with zero attached hydrogens (tertiary/aromatic N) is 2. The zero-order valence-electron chi connectivity index (χ0n) is 16.0. The average molecular weight is 457 g/mol. The van der Waals surface area contributed by atoms with E-state index >= 15 is 0 Å². The number of halogens is 3. The lowest BCUT2D eigenvalue weighted by Gasteiger charge is -2.18. The molecule has 1 amide bonds. The maximum absolute atomic E-state index is 12.3. The number of thioether (sulfide) groups is 1. The number of hydrogen-bond donors (Lipinski definition) is 2. The first kappa shape index (κ1) is 22.3. The second-order valence-electron chi connectivity index (χ2n) is 7.16. The first-order chi connectivity index (χ1) is 14.0. The number of amidine groups is 1. The minimum absolute atomic E-state index is 0.0179. The number of amides is 1. The van der Waals surface area contributed by atoms with Crippen molar-refractivity contribution >= 4 is 40.2 Å². The first-order valence-corrected chi connectivity index (χ1v) is 10.4. The molecule has 2 heterocycles. The number of aromatic nitrogens is 1. The fourth-order valence-corrected chi connectivity index (χ4v) is 3.84. The van der Waals surface area contributed by atoms with E-state index in [1.165, 1.54) is 47.4 Å². The van der Waals surface area contributed by atoms with Crippen LogP contribution >= 0.6 is 23.1 Å². The Balaban J connectivity index is 1.70. The van der Waals surface area contributed by atoms with Gasteiger partial charge in [-0.1, -0.05) is 13.8 Å². The van der Waals surface area contributed by atoms with Crippen molar-refractivity contribution in [1.29, 1.82) is 0 Å². The van der Waals surface area contributed by atoms with E-state index in [1.54, 1.807) is 11.5 Å². The van der Waals surface area contributed by atoms with Gasteiger partial charge < -0.3 is 15.2 Å². The van der Waals surface area contributed by atoms with Gasteiger partial charge in [-0.15, -0.1) is 24.5 Å². The minimum atomic E-state index is -4.74. The standard InChI is InChI=1S/C19H18F3N3O3S2/c1-18(2,10-26)9-23-17-25-15(27)14(30-17)7-12-8-29-16(24-12)11-3-5-13(6-4-11)28-19(20,21)22/h3-8,26H,9-10H2,1-2H3,(H,23,25,27)/b14-7+. The monoisotopic (exact) mass is 457 g/mol. The van der Waals surface area contributed by atoms with Gasteiger partial charge in [0.05, 0.1) is 10.6 Å². The van der Waals surface area contributed by atoms with E-state index in [-0.39, 0.29) is 23.7 Å². The molecule has 1 aliphatic heterocycles. The molecule has 1 aliphatic rings. The molecule has 1 aromatic carbocycles. The number of carbonyl (C=O) groups is 1. The summed E-state index contributed by atoms with van der Waals surface area (Å²) in [6.07, 6.45) is -3.11. The predicted molar refractivity (Wildman–Crippen MR) is 111 cm³/mol. The Hall–Kier alpha value is -2.37. The number of benzene rings is 1. The Labute approximate surface area is 178 Å². The van der Waals surface area contributed by atoms with Crippen molar-refractivity contribution in [1.82, 2.24) is 10.3 Å². The molecule has 2 N–H and O–H groups in total. The molecule has 0 spiro atoms. The number of carbonyl (C=O) groups excluding carboxylic acids is 1. The number of ether oxygens (including phenoxy) is 1. The molecular formula is C19H18F3N3O3S2. The highest BCUT2D eigenvalue weighted by atomic mass is 32.2. The summed E-state index contributed by atoms with van der Waals surface area (Å²) in [7, 11) is 0. The summed E-state index contributed by atoms with van der Waals surface area (Å²) in [5, 5.41) is 14.8. The molecule has 160 valence electrons. The van der Waals surface area contributed by atoms with Crippen molar-refractivity contribution in [3.63, 3.8) is 0 Å². The second kappa shape index (κ2) is 8.78. The summed E-state index contributed by atoms with van der Waals surface area (Å²) in [6.45, 7) is 4.09. The minimum Gasteiger partial charge on any atom is -0.406 e. The highest BCUT2D eigenvalue weighted by Crippen LogP contribution is 2.31. The molecule has 0 radical (unpaired) electrons. The second-order valence-corrected chi connectivity index (χ2v) is 9.05. The van der Waals surface area contributed by atoms with E-state index < -0.39 is 6.36 Å². The Morgan fingerprint density at radius 3 is 2.60 bits per heavy atom. The fourth-order valence-electron chi connectivity index (χ4n) is 2.26. The van der Waals surface area contributed by atoms with E-state index in [4.69, 9.17) is 0 Å². The molecular weight excluding hydrogens is 439 g/mol. The van der Waals surface area contributed by atoms with Gasteiger partial charge in [-0.2, -0.15) is 0 Å². The van der Waals surface area contributed by atoms with E-state index in [1.807, 2.05) is 13.8 Å². The topological polar surface area (TPSA) is 83.8 Å². The van der Waals surface area contributed by atoms with Crippen LogP contribution in [-0.2, 0) is 4.79 Å². The number of thiazole rings is 1. The maximum atomic E-state index is 12.3. The van der Waals surface area contributed by atoms with Crippen LogP contribution in [-0.4, -0.2) is 40.7 Å². The predicted octanol–water partition coefficient (Wildman–Crippen LogP) is 4.29. The zero-order valence-corrected chi connectivity index (χ0v) is 17.6. The lowest BCUT2D eigenvalue weighted by molar-refractivity contribution is -0.274. The Morgan fingerprint density at radius 2 is 1.97 bits per heavy atom. The van der Waals surface area contributed by atoms with E-state index in [0.717, 1.165) is 0 Å². The Kier molecular flexibility index (Phi) is 6.53. The van der Waals surface area contributed by atoms with E-state index in [0.29, 0.717) is 32.9 Å². The average Bonchev–Trinajstić information content (AvgIpc) is 3.27. The fraction of sp³-hybridized carbons (Fsp3) is 0.316. The summed E-state index contributed by atoms with van der Waals surface area (Å²) >= 11 is 2.49. The van der Waals surface area contributed by atoms with Gasteiger partial charge in [-0.3, -0.25) is 9.79 Å². The maximum Gasteiger partial charge on any atom is 0.573 e. The SMILES string of the molecule is CC(C)(CO)CN=C1NC(=O)/C(=C\c2csc(-c3ccc(OC(F)(F)F)cc3)n2)S1. The van der Waals surface area contributed by atoms with Crippen molar-refractivity contribution in [2.75, 3.05) is 13.2 Å². The molecule has 3 rings (SSSR count). The van der Waals surface area contributed by atoms with Crippen LogP contribution in [0.4, 0.5) is 13.2 Å². The van der Waals surface area contributed by atoms with Gasteiger partial charge in [0.2, 0.25) is 0 Å². The lowest BCUT2D eigenvalue weighted by Crippen LogP contribution is -2.24. The van der Waals surface area contributed by atoms with Gasteiger partial charge in [-0.25, -0.2) is 4.98 Å². The molecule has 0 bridgehead atoms. The van der Waals surface area contributed by atoms with Gasteiger partial charge in [0, 0.05) is 29.5 Å². The summed E-state index contributed by atoms with van der Waals surface area (Å²) < 4.78 is 40.6. The van der Waals surface area contributed by atoms with Crippen LogP contribution in [0.3, 0.4) is 0 Å². The summed E-state index contributed by atoms with van der Waals surface area (Å²) in [5.74, 6) is -0.593. The van der Waals surface area contributed by atoms with Gasteiger partial charge in [0.25, 0.3) is 5.91 Å². The lowest BCUT2D eigenvalue weighted by atomic mass is 9.95. The van der Waals surface area contributed by atoms with E-state index in [9.17, 15) is 23.1 Å². The van der Waals surface area contributed by atoms with Crippen LogP contribution in [0.2, 0.25) is 0 Å². The number of nitrogens with one attached hydrogen (secondary N) is 1. The Bertz CT molecular complexity index is 983. The molecule has 2 aromatic rings. The molecule has 6 nitrogen and oxygen atoms in total. The van der Waals surface area contributed by atoms with Crippen LogP contribution in [0, 0.1) is 5.41 Å². The van der Waals surface area contributed by atoms with Crippen LogP contribution in [0.1, 0.15) is 19.5 Å². The number of aliphatic hydroxyl groups excluding tert-OH is 1. The van der Waals surface area contributed by atoms with Crippen molar-refractivity contribution in [2.45, 2.75) is 20.2 Å². The summed E-state index contributed by atoms with van der Waals surface area (Å²) in [6, 6.07) is 5.42. The molecule has 1 saturated heterocycles. The largest absolute Gasteiger partial charge is 0.573 e. The molecule has 0 unspecified atom stereocenters. The van der Waals surface area contributed by atoms with Crippen LogP contribution in [0.15, 0.2) is 39.5 Å². The smallest absolute Gasteiger partial charge is 0.406 e. The van der Waals surface area contributed by atoms with Crippen molar-refractivity contribution in [3.05, 3.63) is 40.2 Å². The highest BCUT2D eigenvalue weighted by Gasteiger charge is 2.31. The van der Waals surface area contributed by atoms with Gasteiger partial charge in [-0.05, 0) is 42.1 Å². The van der Waals surface area contributed by atoms with Crippen molar-refractivity contribution < 1.29 is 27.8 Å². The third kappa shape index (κ3) is 6.07.